The molecule has 0 aromatic carbocycles. The Labute approximate surface area is 111 Å². The summed E-state index contributed by atoms with van der Waals surface area (Å²) in [4.78, 5) is 17.1. The quantitative estimate of drug-likeness (QED) is 0.785. The van der Waals surface area contributed by atoms with E-state index in [1.807, 2.05) is 5.38 Å². The van der Waals surface area contributed by atoms with Gasteiger partial charge in [-0.1, -0.05) is 6.92 Å². The summed E-state index contributed by atoms with van der Waals surface area (Å²) in [7, 11) is 1.68. The van der Waals surface area contributed by atoms with E-state index in [9.17, 15) is 4.79 Å². The van der Waals surface area contributed by atoms with Crippen molar-refractivity contribution in [3.63, 3.8) is 0 Å². The Balaban J connectivity index is 2.65. The zero-order chi connectivity index (χ0) is 13.5. The SMILES string of the molecule is CCC(C)N(CCOC)Cc1csc(C(=O)O)n1. The Morgan fingerprint density at radius 2 is 2.39 bits per heavy atom. The van der Waals surface area contributed by atoms with Crippen LogP contribution in [0.1, 0.15) is 35.8 Å². The first-order valence-electron chi connectivity index (χ1n) is 5.99. The van der Waals surface area contributed by atoms with Gasteiger partial charge >= 0.3 is 5.97 Å². The molecule has 0 aliphatic heterocycles. The van der Waals surface area contributed by atoms with Crippen LogP contribution in [0.25, 0.3) is 0 Å². The molecule has 0 radical (unpaired) electrons. The van der Waals surface area contributed by atoms with Crippen LogP contribution in [0.3, 0.4) is 0 Å². The third kappa shape index (κ3) is 4.36. The fourth-order valence-corrected chi connectivity index (χ4v) is 2.25. The highest BCUT2D eigenvalue weighted by molar-refractivity contribution is 7.11. The number of hydrogen-bond acceptors (Lipinski definition) is 5. The molecule has 1 unspecified atom stereocenters. The third-order valence-electron chi connectivity index (χ3n) is 2.90. The van der Waals surface area contributed by atoms with Crippen molar-refractivity contribution in [2.75, 3.05) is 20.3 Å². The Bertz CT molecular complexity index is 381. The number of carbonyl (C=O) groups is 1. The van der Waals surface area contributed by atoms with Gasteiger partial charge in [0.25, 0.3) is 0 Å². The molecule has 0 aliphatic carbocycles. The van der Waals surface area contributed by atoms with Gasteiger partial charge in [0.15, 0.2) is 0 Å². The van der Waals surface area contributed by atoms with E-state index in [2.05, 4.69) is 23.7 Å². The van der Waals surface area contributed by atoms with Gasteiger partial charge < -0.3 is 9.84 Å². The Kier molecular flexibility index (Phi) is 6.24. The van der Waals surface area contributed by atoms with Crippen molar-refractivity contribution in [3.05, 3.63) is 16.1 Å². The molecule has 0 saturated heterocycles. The minimum absolute atomic E-state index is 0.154. The number of nitrogens with zero attached hydrogens (tertiary/aromatic N) is 2. The van der Waals surface area contributed by atoms with Crippen LogP contribution in [0.4, 0.5) is 0 Å². The maximum absolute atomic E-state index is 10.8. The fraction of sp³-hybridized carbons (Fsp3) is 0.667. The van der Waals surface area contributed by atoms with Crippen molar-refractivity contribution < 1.29 is 14.6 Å². The molecule has 102 valence electrons. The van der Waals surface area contributed by atoms with E-state index in [0.29, 0.717) is 19.2 Å². The summed E-state index contributed by atoms with van der Waals surface area (Å²) in [6.45, 7) is 6.45. The molecule has 1 rings (SSSR count). The number of methoxy groups -OCH3 is 1. The lowest BCUT2D eigenvalue weighted by atomic mass is 10.2. The van der Waals surface area contributed by atoms with E-state index in [0.717, 1.165) is 18.7 Å². The van der Waals surface area contributed by atoms with Crippen LogP contribution in [0.2, 0.25) is 0 Å². The Morgan fingerprint density at radius 3 is 2.89 bits per heavy atom. The standard InChI is InChI=1S/C12H20N2O3S/c1-4-9(2)14(5-6-17-3)7-10-8-18-11(13-10)12(15)16/h8-9H,4-7H2,1-3H3,(H,15,16). The average Bonchev–Trinajstić information content (AvgIpc) is 2.82. The van der Waals surface area contributed by atoms with E-state index >= 15 is 0 Å². The number of aromatic nitrogens is 1. The molecule has 1 aromatic heterocycles. The summed E-state index contributed by atoms with van der Waals surface area (Å²) in [5.74, 6) is -0.960. The number of carboxylic acid groups (broad SMARTS) is 1. The monoisotopic (exact) mass is 272 g/mol. The number of carboxylic acids is 1. The highest BCUT2D eigenvalue weighted by atomic mass is 32.1. The van der Waals surface area contributed by atoms with Crippen LogP contribution in [0.15, 0.2) is 5.38 Å². The second-order valence-electron chi connectivity index (χ2n) is 4.17. The van der Waals surface area contributed by atoms with Gasteiger partial charge in [-0.15, -0.1) is 11.3 Å². The molecule has 0 saturated carbocycles. The van der Waals surface area contributed by atoms with Crippen LogP contribution >= 0.6 is 11.3 Å². The number of ether oxygens (including phenoxy) is 1. The smallest absolute Gasteiger partial charge is 0.365 e. The largest absolute Gasteiger partial charge is 0.476 e. The van der Waals surface area contributed by atoms with E-state index < -0.39 is 5.97 Å². The fourth-order valence-electron chi connectivity index (χ4n) is 1.61. The third-order valence-corrected chi connectivity index (χ3v) is 3.78. The van der Waals surface area contributed by atoms with E-state index in [-0.39, 0.29) is 5.01 Å². The molecule has 6 heteroatoms. The first-order valence-corrected chi connectivity index (χ1v) is 6.87. The molecular formula is C12H20N2O3S. The van der Waals surface area contributed by atoms with Crippen LogP contribution in [-0.2, 0) is 11.3 Å². The summed E-state index contributed by atoms with van der Waals surface area (Å²) in [5.41, 5.74) is 0.814. The van der Waals surface area contributed by atoms with Crippen molar-refractivity contribution in [2.24, 2.45) is 0 Å². The summed E-state index contributed by atoms with van der Waals surface area (Å²) < 4.78 is 5.09. The highest BCUT2D eigenvalue weighted by Gasteiger charge is 2.15. The Hall–Kier alpha value is -0.980. The van der Waals surface area contributed by atoms with Crippen molar-refractivity contribution in [1.29, 1.82) is 0 Å². The molecule has 0 fully saturated rings. The summed E-state index contributed by atoms with van der Waals surface area (Å²) in [6.07, 6.45) is 1.04. The molecular weight excluding hydrogens is 252 g/mol. The van der Waals surface area contributed by atoms with Crippen LogP contribution in [0, 0.1) is 0 Å². The van der Waals surface area contributed by atoms with Crippen molar-refractivity contribution in [2.45, 2.75) is 32.9 Å². The van der Waals surface area contributed by atoms with Crippen molar-refractivity contribution in [1.82, 2.24) is 9.88 Å². The van der Waals surface area contributed by atoms with Gasteiger partial charge in [-0.3, -0.25) is 4.90 Å². The van der Waals surface area contributed by atoms with Crippen molar-refractivity contribution in [3.8, 4) is 0 Å². The zero-order valence-electron chi connectivity index (χ0n) is 11.0. The van der Waals surface area contributed by atoms with E-state index in [1.165, 1.54) is 11.3 Å². The lowest BCUT2D eigenvalue weighted by molar-refractivity contribution is 0.0695. The van der Waals surface area contributed by atoms with E-state index in [1.54, 1.807) is 7.11 Å². The molecule has 1 atom stereocenters. The van der Waals surface area contributed by atoms with Gasteiger partial charge in [-0.05, 0) is 13.3 Å². The molecule has 0 spiro atoms. The highest BCUT2D eigenvalue weighted by Crippen LogP contribution is 2.14. The van der Waals surface area contributed by atoms with Gasteiger partial charge in [0.1, 0.15) is 0 Å². The number of thiazole rings is 1. The van der Waals surface area contributed by atoms with Gasteiger partial charge in [0.2, 0.25) is 5.01 Å². The Morgan fingerprint density at radius 1 is 1.67 bits per heavy atom. The molecule has 0 bridgehead atoms. The zero-order valence-corrected chi connectivity index (χ0v) is 11.9. The summed E-state index contributed by atoms with van der Waals surface area (Å²) >= 11 is 1.17. The average molecular weight is 272 g/mol. The van der Waals surface area contributed by atoms with Crippen LogP contribution in [-0.4, -0.2) is 47.3 Å². The maximum Gasteiger partial charge on any atom is 0.365 e. The molecule has 1 heterocycles. The molecule has 0 amide bonds. The normalized spacial score (nSPS) is 12.9. The maximum atomic E-state index is 10.8. The van der Waals surface area contributed by atoms with Gasteiger partial charge in [-0.25, -0.2) is 9.78 Å². The number of aromatic carboxylic acids is 1. The molecule has 0 aliphatic rings. The van der Waals surface area contributed by atoms with Crippen LogP contribution in [0.5, 0.6) is 0 Å². The number of rotatable bonds is 8. The minimum Gasteiger partial charge on any atom is -0.476 e. The molecule has 1 aromatic rings. The first kappa shape index (κ1) is 15.1. The van der Waals surface area contributed by atoms with Gasteiger partial charge in [0.05, 0.1) is 12.3 Å². The first-order chi connectivity index (χ1) is 8.58. The number of hydrogen-bond donors (Lipinski definition) is 1. The molecule has 1 N–H and O–H groups in total. The predicted octanol–water partition coefficient (Wildman–Crippen LogP) is 2.09. The predicted molar refractivity (Wildman–Crippen MR) is 71.1 cm³/mol. The minimum atomic E-state index is -0.960. The lowest BCUT2D eigenvalue weighted by Gasteiger charge is -2.27. The second-order valence-corrected chi connectivity index (χ2v) is 5.03. The lowest BCUT2D eigenvalue weighted by Crippen LogP contribution is -2.35. The van der Waals surface area contributed by atoms with Gasteiger partial charge in [-0.2, -0.15) is 0 Å². The van der Waals surface area contributed by atoms with E-state index in [4.69, 9.17) is 9.84 Å². The topological polar surface area (TPSA) is 62.7 Å². The summed E-state index contributed by atoms with van der Waals surface area (Å²) in [5, 5.41) is 10.8. The van der Waals surface area contributed by atoms with Crippen molar-refractivity contribution >= 4 is 17.3 Å². The molecule has 18 heavy (non-hydrogen) atoms. The van der Waals surface area contributed by atoms with Gasteiger partial charge in [0, 0.05) is 31.6 Å². The molecule has 5 nitrogen and oxygen atoms in total. The summed E-state index contributed by atoms with van der Waals surface area (Å²) in [6, 6.07) is 0.426. The van der Waals surface area contributed by atoms with Crippen LogP contribution < -0.4 is 0 Å². The second kappa shape index (κ2) is 7.45.